The number of carbonyl (C=O) groups is 3. The summed E-state index contributed by atoms with van der Waals surface area (Å²) in [5.41, 5.74) is -0.529. The summed E-state index contributed by atoms with van der Waals surface area (Å²) in [5, 5.41) is 15.9. The van der Waals surface area contributed by atoms with E-state index in [0.29, 0.717) is 6.61 Å². The quantitative estimate of drug-likeness (QED) is 0.123. The minimum Gasteiger partial charge on any atom is -0.481 e. The molecule has 0 radical (unpaired) electrons. The van der Waals surface area contributed by atoms with Crippen LogP contribution >= 0.6 is 0 Å². The fourth-order valence-electron chi connectivity index (χ4n) is 6.54. The lowest BCUT2D eigenvalue weighted by molar-refractivity contribution is -0.304. The van der Waals surface area contributed by atoms with Crippen molar-refractivity contribution in [1.82, 2.24) is 10.6 Å². The van der Waals surface area contributed by atoms with Crippen LogP contribution in [-0.2, 0) is 23.9 Å². The second-order valence-electron chi connectivity index (χ2n) is 14.6. The van der Waals surface area contributed by atoms with Gasteiger partial charge in [-0.2, -0.15) is 0 Å². The molecule has 0 aromatic rings. The number of amides is 2. The van der Waals surface area contributed by atoms with E-state index in [2.05, 4.69) is 17.6 Å². The Hall–Kier alpha value is -1.67. The summed E-state index contributed by atoms with van der Waals surface area (Å²) in [5.74, 6) is -1.91. The molecule has 43 heavy (non-hydrogen) atoms. The summed E-state index contributed by atoms with van der Waals surface area (Å²) in [7, 11) is 0. The summed E-state index contributed by atoms with van der Waals surface area (Å²) in [4.78, 5) is 37.9. The smallest absolute Gasteiger partial charge is 0.305 e. The monoisotopic (exact) mass is 608 g/mol. The van der Waals surface area contributed by atoms with Crippen LogP contribution in [-0.4, -0.2) is 53.5 Å². The molecular weight excluding hydrogens is 544 g/mol. The second-order valence-corrected chi connectivity index (χ2v) is 14.6. The zero-order valence-corrected chi connectivity index (χ0v) is 28.3. The first-order valence-corrected chi connectivity index (χ1v) is 17.5. The number of aliphatic carboxylic acids is 1. The van der Waals surface area contributed by atoms with Crippen LogP contribution in [0.4, 0.5) is 0 Å². The molecule has 2 rings (SSSR count). The Morgan fingerprint density at radius 1 is 0.837 bits per heavy atom. The van der Waals surface area contributed by atoms with E-state index in [-0.39, 0.29) is 36.1 Å². The van der Waals surface area contributed by atoms with Gasteiger partial charge in [0.05, 0.1) is 13.0 Å². The predicted molar refractivity (Wildman–Crippen MR) is 172 cm³/mol. The summed E-state index contributed by atoms with van der Waals surface area (Å²) >= 11 is 0. The van der Waals surface area contributed by atoms with Crippen molar-refractivity contribution in [2.24, 2.45) is 17.3 Å². The number of rotatable bonds is 20. The Labute approximate surface area is 262 Å². The number of carboxylic acids is 1. The second kappa shape index (κ2) is 19.0. The summed E-state index contributed by atoms with van der Waals surface area (Å²) in [6.07, 6.45) is 19.0. The maximum atomic E-state index is 13.3. The summed E-state index contributed by atoms with van der Waals surface area (Å²) < 4.78 is 11.7. The number of carboxylic acid groups (broad SMARTS) is 1. The van der Waals surface area contributed by atoms with Crippen molar-refractivity contribution in [3.05, 3.63) is 0 Å². The molecule has 2 fully saturated rings. The maximum Gasteiger partial charge on any atom is 0.305 e. The molecule has 8 nitrogen and oxygen atoms in total. The van der Waals surface area contributed by atoms with Gasteiger partial charge in [0.1, 0.15) is 6.10 Å². The van der Waals surface area contributed by atoms with E-state index in [0.717, 1.165) is 38.5 Å². The van der Waals surface area contributed by atoms with E-state index in [1.165, 1.54) is 70.6 Å². The van der Waals surface area contributed by atoms with Gasteiger partial charge in [0, 0.05) is 23.4 Å². The molecule has 0 aromatic heterocycles. The fraction of sp³-hybridized carbons (Fsp3) is 0.914. The largest absolute Gasteiger partial charge is 0.481 e. The molecule has 1 saturated heterocycles. The van der Waals surface area contributed by atoms with Crippen molar-refractivity contribution < 1.29 is 29.0 Å². The van der Waals surface area contributed by atoms with Crippen molar-refractivity contribution >= 4 is 17.8 Å². The molecule has 3 N–H and O–H groups in total. The van der Waals surface area contributed by atoms with Crippen LogP contribution in [0.25, 0.3) is 0 Å². The third-order valence-electron chi connectivity index (χ3n) is 9.49. The molecule has 250 valence electrons. The van der Waals surface area contributed by atoms with Crippen molar-refractivity contribution in [2.45, 2.75) is 181 Å². The standard InChI is InChI=1S/C35H64N2O6/c1-7-8-9-10-11-12-13-14-15-16-17-18-19-26(2)32(40)36-28-22-20-27(21-23-28)29(24-30(38)39)37-33(41)31-34(3,4)25-42-35(5,6)43-31/h26-29,31H,7-25H2,1-6H3,(H,36,40)(H,37,41)(H,38,39). The van der Waals surface area contributed by atoms with Gasteiger partial charge in [-0.25, -0.2) is 0 Å². The SMILES string of the molecule is CCCCCCCCCCCCCCC(C)C(=O)NC1CCC(C(CC(=O)O)NC(=O)C2OC(C)(C)OCC2(C)C)CC1. The lowest BCUT2D eigenvalue weighted by Crippen LogP contribution is -2.58. The number of hydrogen-bond donors (Lipinski definition) is 3. The van der Waals surface area contributed by atoms with Crippen LogP contribution in [0, 0.1) is 17.3 Å². The van der Waals surface area contributed by atoms with Crippen molar-refractivity contribution in [3.8, 4) is 0 Å². The van der Waals surface area contributed by atoms with E-state index in [1.807, 2.05) is 20.8 Å². The zero-order valence-electron chi connectivity index (χ0n) is 28.3. The average molecular weight is 609 g/mol. The predicted octanol–water partition coefficient (Wildman–Crippen LogP) is 7.53. The Bertz CT molecular complexity index is 836. The molecular formula is C35H64N2O6. The third-order valence-corrected chi connectivity index (χ3v) is 9.49. The first-order valence-electron chi connectivity index (χ1n) is 17.5. The minimum absolute atomic E-state index is 0.00645. The number of ether oxygens (including phenoxy) is 2. The van der Waals surface area contributed by atoms with Crippen LogP contribution in [0.5, 0.6) is 0 Å². The van der Waals surface area contributed by atoms with Crippen LogP contribution in [0.2, 0.25) is 0 Å². The molecule has 3 unspecified atom stereocenters. The van der Waals surface area contributed by atoms with Gasteiger partial charge in [0.2, 0.25) is 11.8 Å². The molecule has 0 bridgehead atoms. The molecule has 1 aliphatic heterocycles. The molecule has 2 amide bonds. The molecule has 0 aromatic carbocycles. The van der Waals surface area contributed by atoms with Crippen LogP contribution < -0.4 is 10.6 Å². The third kappa shape index (κ3) is 14.3. The number of unbranched alkanes of at least 4 members (excludes halogenated alkanes) is 11. The van der Waals surface area contributed by atoms with Crippen LogP contribution in [0.15, 0.2) is 0 Å². The van der Waals surface area contributed by atoms with Crippen LogP contribution in [0.3, 0.4) is 0 Å². The fourth-order valence-corrected chi connectivity index (χ4v) is 6.54. The van der Waals surface area contributed by atoms with E-state index >= 15 is 0 Å². The van der Waals surface area contributed by atoms with E-state index in [4.69, 9.17) is 9.47 Å². The van der Waals surface area contributed by atoms with E-state index < -0.39 is 29.3 Å². The summed E-state index contributed by atoms with van der Waals surface area (Å²) in [6, 6.07) is -0.371. The Morgan fingerprint density at radius 3 is 1.91 bits per heavy atom. The highest BCUT2D eigenvalue weighted by molar-refractivity contribution is 5.83. The molecule has 1 heterocycles. The van der Waals surface area contributed by atoms with Gasteiger partial charge in [-0.3, -0.25) is 14.4 Å². The number of nitrogens with one attached hydrogen (secondary N) is 2. The van der Waals surface area contributed by atoms with Gasteiger partial charge in [-0.05, 0) is 51.9 Å². The molecule has 0 spiro atoms. The van der Waals surface area contributed by atoms with Gasteiger partial charge in [-0.15, -0.1) is 0 Å². The minimum atomic E-state index is -0.931. The average Bonchev–Trinajstić information content (AvgIpc) is 2.94. The van der Waals surface area contributed by atoms with Gasteiger partial charge in [0.25, 0.3) is 0 Å². The van der Waals surface area contributed by atoms with Crippen molar-refractivity contribution in [1.29, 1.82) is 0 Å². The lowest BCUT2D eigenvalue weighted by Gasteiger charge is -2.45. The Kier molecular flexibility index (Phi) is 16.6. The van der Waals surface area contributed by atoms with Gasteiger partial charge >= 0.3 is 5.97 Å². The topological polar surface area (TPSA) is 114 Å². The first-order chi connectivity index (χ1) is 20.3. The van der Waals surface area contributed by atoms with Gasteiger partial charge < -0.3 is 25.2 Å². The number of hydrogen-bond acceptors (Lipinski definition) is 5. The van der Waals surface area contributed by atoms with Crippen LogP contribution in [0.1, 0.15) is 157 Å². The highest BCUT2D eigenvalue weighted by Crippen LogP contribution is 2.36. The first kappa shape index (κ1) is 37.5. The highest BCUT2D eigenvalue weighted by Gasteiger charge is 2.46. The Morgan fingerprint density at radius 2 is 1.37 bits per heavy atom. The van der Waals surface area contributed by atoms with Crippen molar-refractivity contribution in [2.75, 3.05) is 6.61 Å². The van der Waals surface area contributed by atoms with Gasteiger partial charge in [-0.1, -0.05) is 105 Å². The molecule has 1 aliphatic carbocycles. The molecule has 1 saturated carbocycles. The lowest BCUT2D eigenvalue weighted by atomic mass is 9.79. The maximum absolute atomic E-state index is 13.3. The Balaban J connectivity index is 1.68. The van der Waals surface area contributed by atoms with Crippen molar-refractivity contribution in [3.63, 3.8) is 0 Å². The summed E-state index contributed by atoms with van der Waals surface area (Å²) in [6.45, 7) is 12.1. The molecule has 3 atom stereocenters. The molecule has 2 aliphatic rings. The van der Waals surface area contributed by atoms with E-state index in [9.17, 15) is 19.5 Å². The van der Waals surface area contributed by atoms with E-state index in [1.54, 1.807) is 13.8 Å². The normalized spacial score (nSPS) is 24.6. The molecule has 8 heteroatoms. The number of carbonyl (C=O) groups excluding carboxylic acids is 2. The highest BCUT2D eigenvalue weighted by atomic mass is 16.7. The zero-order chi connectivity index (χ0) is 31.9. The van der Waals surface area contributed by atoms with Gasteiger partial charge in [0.15, 0.2) is 5.79 Å².